The summed E-state index contributed by atoms with van der Waals surface area (Å²) in [6.45, 7) is 0. The van der Waals surface area contributed by atoms with E-state index in [1.807, 2.05) is 0 Å². The fourth-order valence-electron chi connectivity index (χ4n) is 1.51. The minimum atomic E-state index is -3.85. The number of hydrogen-bond acceptors (Lipinski definition) is 5. The minimum absolute atomic E-state index is 0.0168. The van der Waals surface area contributed by atoms with E-state index >= 15 is 0 Å². The van der Waals surface area contributed by atoms with Gasteiger partial charge >= 0.3 is 0 Å². The SMILES string of the molecule is CNC(=O)c1ccc(S(=O)(=O)Nc2nccnc2Cl)cc1. The summed E-state index contributed by atoms with van der Waals surface area (Å²) in [6, 6.07) is 5.45. The number of rotatable bonds is 4. The predicted octanol–water partition coefficient (Wildman–Crippen LogP) is 1.29. The molecule has 1 aromatic carbocycles. The molecule has 9 heteroatoms. The van der Waals surface area contributed by atoms with Crippen molar-refractivity contribution in [2.24, 2.45) is 0 Å². The monoisotopic (exact) mass is 326 g/mol. The van der Waals surface area contributed by atoms with Crippen LogP contribution in [-0.2, 0) is 10.0 Å². The van der Waals surface area contributed by atoms with E-state index in [4.69, 9.17) is 11.6 Å². The minimum Gasteiger partial charge on any atom is -0.355 e. The van der Waals surface area contributed by atoms with Gasteiger partial charge in [-0.2, -0.15) is 0 Å². The molecule has 1 amide bonds. The Morgan fingerprint density at radius 1 is 1.14 bits per heavy atom. The molecule has 0 saturated carbocycles. The predicted molar refractivity (Wildman–Crippen MR) is 77.7 cm³/mol. The lowest BCUT2D eigenvalue weighted by molar-refractivity contribution is 0.0963. The third-order valence-electron chi connectivity index (χ3n) is 2.54. The number of aromatic nitrogens is 2. The van der Waals surface area contributed by atoms with Crippen molar-refractivity contribution in [3.8, 4) is 0 Å². The van der Waals surface area contributed by atoms with Crippen LogP contribution in [0.5, 0.6) is 0 Å². The van der Waals surface area contributed by atoms with Crippen LogP contribution in [0, 0.1) is 0 Å². The second-order valence-electron chi connectivity index (χ2n) is 3.90. The number of nitrogens with zero attached hydrogens (tertiary/aromatic N) is 2. The topological polar surface area (TPSA) is 101 Å². The quantitative estimate of drug-likeness (QED) is 0.881. The third-order valence-corrected chi connectivity index (χ3v) is 4.17. The lowest BCUT2D eigenvalue weighted by atomic mass is 10.2. The van der Waals surface area contributed by atoms with E-state index in [2.05, 4.69) is 20.0 Å². The van der Waals surface area contributed by atoms with Gasteiger partial charge in [-0.3, -0.25) is 9.52 Å². The Bertz CT molecular complexity index is 762. The van der Waals surface area contributed by atoms with Crippen LogP contribution in [0.3, 0.4) is 0 Å². The standard InChI is InChI=1S/C12H11ClN4O3S/c1-14-12(18)8-2-4-9(5-3-8)21(19,20)17-11-10(13)15-6-7-16-11/h2-7H,1H3,(H,14,18)(H,16,17). The molecule has 110 valence electrons. The van der Waals surface area contributed by atoms with Gasteiger partial charge in [0.2, 0.25) is 0 Å². The average molecular weight is 327 g/mol. The van der Waals surface area contributed by atoms with Crippen molar-refractivity contribution in [1.29, 1.82) is 0 Å². The average Bonchev–Trinajstić information content (AvgIpc) is 2.49. The van der Waals surface area contributed by atoms with Crippen molar-refractivity contribution in [2.75, 3.05) is 11.8 Å². The Kier molecular flexibility index (Phi) is 4.39. The van der Waals surface area contributed by atoms with Crippen LogP contribution in [0.4, 0.5) is 5.82 Å². The molecule has 0 radical (unpaired) electrons. The molecular formula is C12H11ClN4O3S. The zero-order valence-electron chi connectivity index (χ0n) is 10.9. The molecule has 1 heterocycles. The van der Waals surface area contributed by atoms with Crippen molar-refractivity contribution < 1.29 is 13.2 Å². The summed E-state index contributed by atoms with van der Waals surface area (Å²) in [5, 5.41) is 2.39. The van der Waals surface area contributed by atoms with E-state index < -0.39 is 10.0 Å². The number of anilines is 1. The first-order chi connectivity index (χ1) is 9.94. The molecule has 0 spiro atoms. The molecule has 7 nitrogen and oxygen atoms in total. The molecule has 0 unspecified atom stereocenters. The Morgan fingerprint density at radius 2 is 1.76 bits per heavy atom. The highest BCUT2D eigenvalue weighted by atomic mass is 35.5. The highest BCUT2D eigenvalue weighted by Crippen LogP contribution is 2.19. The number of carbonyl (C=O) groups excluding carboxylic acids is 1. The van der Waals surface area contributed by atoms with Crippen LogP contribution < -0.4 is 10.0 Å². The number of benzene rings is 1. The van der Waals surface area contributed by atoms with E-state index in [0.29, 0.717) is 5.56 Å². The Morgan fingerprint density at radius 3 is 2.33 bits per heavy atom. The molecule has 2 aromatic rings. The number of amides is 1. The van der Waals surface area contributed by atoms with E-state index in [1.165, 1.54) is 43.7 Å². The van der Waals surface area contributed by atoms with Gasteiger partial charge in [0.15, 0.2) is 11.0 Å². The van der Waals surface area contributed by atoms with Gasteiger partial charge in [0.25, 0.3) is 15.9 Å². The summed E-state index contributed by atoms with van der Waals surface area (Å²) in [7, 11) is -2.36. The molecule has 0 atom stereocenters. The van der Waals surface area contributed by atoms with Gasteiger partial charge in [-0.25, -0.2) is 18.4 Å². The van der Waals surface area contributed by atoms with Crippen LogP contribution in [0.15, 0.2) is 41.6 Å². The van der Waals surface area contributed by atoms with Crippen molar-refractivity contribution in [3.05, 3.63) is 47.4 Å². The van der Waals surface area contributed by atoms with Crippen LogP contribution in [0.25, 0.3) is 0 Å². The molecule has 0 fully saturated rings. The summed E-state index contributed by atoms with van der Waals surface area (Å²) in [5.41, 5.74) is 0.356. The first-order valence-electron chi connectivity index (χ1n) is 5.75. The second kappa shape index (κ2) is 6.06. The largest absolute Gasteiger partial charge is 0.355 e. The molecule has 0 saturated heterocycles. The van der Waals surface area contributed by atoms with Crippen molar-refractivity contribution in [3.63, 3.8) is 0 Å². The van der Waals surface area contributed by atoms with E-state index in [1.54, 1.807) is 0 Å². The van der Waals surface area contributed by atoms with Crippen molar-refractivity contribution in [2.45, 2.75) is 4.90 Å². The number of halogens is 1. The zero-order chi connectivity index (χ0) is 15.5. The molecule has 0 bridgehead atoms. The van der Waals surface area contributed by atoms with Gasteiger partial charge in [0, 0.05) is 25.0 Å². The lowest BCUT2D eigenvalue weighted by Gasteiger charge is -2.08. The molecule has 1 aromatic heterocycles. The number of nitrogens with one attached hydrogen (secondary N) is 2. The maximum Gasteiger partial charge on any atom is 0.263 e. The second-order valence-corrected chi connectivity index (χ2v) is 5.95. The molecule has 2 rings (SSSR count). The molecule has 0 aliphatic heterocycles. The fraction of sp³-hybridized carbons (Fsp3) is 0.0833. The molecule has 0 aliphatic carbocycles. The smallest absolute Gasteiger partial charge is 0.263 e. The normalized spacial score (nSPS) is 11.0. The van der Waals surface area contributed by atoms with Gasteiger partial charge in [0.1, 0.15) is 0 Å². The molecule has 21 heavy (non-hydrogen) atoms. The van der Waals surface area contributed by atoms with E-state index in [0.717, 1.165) is 0 Å². The molecule has 2 N–H and O–H groups in total. The fourth-order valence-corrected chi connectivity index (χ4v) is 2.73. The maximum absolute atomic E-state index is 12.2. The summed E-state index contributed by atoms with van der Waals surface area (Å²) in [4.78, 5) is 18.9. The molecular weight excluding hydrogens is 316 g/mol. The van der Waals surface area contributed by atoms with E-state index in [-0.39, 0.29) is 21.8 Å². The van der Waals surface area contributed by atoms with Crippen LogP contribution in [0.2, 0.25) is 5.15 Å². The highest BCUT2D eigenvalue weighted by molar-refractivity contribution is 7.92. The first-order valence-corrected chi connectivity index (χ1v) is 7.61. The number of hydrogen-bond donors (Lipinski definition) is 2. The van der Waals surface area contributed by atoms with Gasteiger partial charge in [0.05, 0.1) is 4.90 Å². The van der Waals surface area contributed by atoms with Crippen LogP contribution in [0.1, 0.15) is 10.4 Å². The van der Waals surface area contributed by atoms with Crippen molar-refractivity contribution >= 4 is 33.3 Å². The summed E-state index contributed by atoms with van der Waals surface area (Å²) in [6.07, 6.45) is 2.66. The van der Waals surface area contributed by atoms with Crippen LogP contribution in [-0.4, -0.2) is 31.3 Å². The number of sulfonamides is 1. The Balaban J connectivity index is 2.28. The summed E-state index contributed by atoms with van der Waals surface area (Å²) >= 11 is 5.75. The van der Waals surface area contributed by atoms with Gasteiger partial charge < -0.3 is 5.32 Å². The highest BCUT2D eigenvalue weighted by Gasteiger charge is 2.17. The first kappa shape index (κ1) is 15.2. The Hall–Kier alpha value is -2.19. The van der Waals surface area contributed by atoms with Gasteiger partial charge in [-0.1, -0.05) is 11.6 Å². The Labute approximate surface area is 126 Å². The molecule has 0 aliphatic rings. The maximum atomic E-state index is 12.2. The van der Waals surface area contributed by atoms with Crippen molar-refractivity contribution in [1.82, 2.24) is 15.3 Å². The third kappa shape index (κ3) is 3.47. The lowest BCUT2D eigenvalue weighted by Crippen LogP contribution is -2.18. The summed E-state index contributed by atoms with van der Waals surface area (Å²) in [5.74, 6) is -0.363. The summed E-state index contributed by atoms with van der Waals surface area (Å²) < 4.78 is 26.6. The number of carbonyl (C=O) groups is 1. The van der Waals surface area contributed by atoms with Gasteiger partial charge in [-0.15, -0.1) is 0 Å². The van der Waals surface area contributed by atoms with Gasteiger partial charge in [-0.05, 0) is 24.3 Å². The van der Waals surface area contributed by atoms with Crippen LogP contribution >= 0.6 is 11.6 Å². The zero-order valence-corrected chi connectivity index (χ0v) is 12.4. The van der Waals surface area contributed by atoms with E-state index in [9.17, 15) is 13.2 Å².